The number of hydrogen-bond donors (Lipinski definition) is 2. The number of carbonyl (C=O) groups is 1. The van der Waals surface area contributed by atoms with E-state index in [-0.39, 0.29) is 54.5 Å². The van der Waals surface area contributed by atoms with Gasteiger partial charge in [-0.15, -0.1) is 0 Å². The number of thioether (sulfide) groups is 1. The number of sulfone groups is 1. The maximum atomic E-state index is 15.0. The first-order chi connectivity index (χ1) is 19.9. The lowest BCUT2D eigenvalue weighted by Crippen LogP contribution is -2.55. The molecule has 1 aliphatic heterocycles. The number of alkyl halides is 7. The van der Waals surface area contributed by atoms with Crippen LogP contribution in [0.2, 0.25) is 0 Å². The fraction of sp³-hybridized carbons (Fsp3) is 0.536. The summed E-state index contributed by atoms with van der Waals surface area (Å²) in [5.74, 6) is -1.28. The third kappa shape index (κ3) is 4.93. The summed E-state index contributed by atoms with van der Waals surface area (Å²) >= 11 is 1.56. The van der Waals surface area contributed by atoms with Crippen molar-refractivity contribution in [2.75, 3.05) is 11.5 Å². The van der Waals surface area contributed by atoms with E-state index in [1.54, 1.807) is 11.8 Å². The predicted molar refractivity (Wildman–Crippen MR) is 141 cm³/mol. The van der Waals surface area contributed by atoms with Crippen LogP contribution in [0.4, 0.5) is 35.1 Å². The lowest BCUT2D eigenvalue weighted by atomic mass is 9.73. The summed E-state index contributed by atoms with van der Waals surface area (Å²) in [6, 6.07) is 4.52. The average molecular weight is 658 g/mol. The minimum atomic E-state index is -6.35. The van der Waals surface area contributed by atoms with Gasteiger partial charge in [-0.25, -0.2) is 17.2 Å². The van der Waals surface area contributed by atoms with Crippen molar-refractivity contribution in [3.05, 3.63) is 65.0 Å². The first-order valence-electron chi connectivity index (χ1n) is 13.5. The lowest BCUT2D eigenvalue weighted by Gasteiger charge is -2.43. The van der Waals surface area contributed by atoms with Crippen LogP contribution in [0.25, 0.3) is 0 Å². The van der Waals surface area contributed by atoms with Gasteiger partial charge in [0.25, 0.3) is 5.91 Å². The number of rotatable bonds is 5. The Labute approximate surface area is 246 Å². The van der Waals surface area contributed by atoms with Gasteiger partial charge in [-0.05, 0) is 85.4 Å². The molecule has 0 spiro atoms. The molecule has 5 nitrogen and oxygen atoms in total. The first-order valence-corrected chi connectivity index (χ1v) is 16.1. The molecule has 2 N–H and O–H groups in total. The molecule has 1 saturated carbocycles. The second kappa shape index (κ2) is 10.6. The predicted octanol–water partition coefficient (Wildman–Crippen LogP) is 5.88. The number of halogens is 8. The van der Waals surface area contributed by atoms with E-state index in [2.05, 4.69) is 5.32 Å². The van der Waals surface area contributed by atoms with E-state index in [0.717, 1.165) is 30.3 Å². The van der Waals surface area contributed by atoms with Gasteiger partial charge in [0.05, 0.1) is 4.90 Å². The fourth-order valence-electron chi connectivity index (χ4n) is 6.79. The number of aryl methyl sites for hydroxylation is 1. The third-order valence-electron chi connectivity index (χ3n) is 9.04. The summed E-state index contributed by atoms with van der Waals surface area (Å²) in [7, 11) is -4.53. The van der Waals surface area contributed by atoms with Crippen LogP contribution in [-0.2, 0) is 31.5 Å². The molecule has 1 amide bonds. The summed E-state index contributed by atoms with van der Waals surface area (Å²) in [5.41, 5.74) is -9.40. The van der Waals surface area contributed by atoms with Gasteiger partial charge in [-0.1, -0.05) is 18.2 Å². The minimum Gasteiger partial charge on any atom is -0.380 e. The van der Waals surface area contributed by atoms with E-state index in [1.165, 1.54) is 0 Å². The van der Waals surface area contributed by atoms with E-state index in [4.69, 9.17) is 0 Å². The van der Waals surface area contributed by atoms with Crippen LogP contribution in [0.1, 0.15) is 48.8 Å². The average Bonchev–Trinajstić information content (AvgIpc) is 3.32. The van der Waals surface area contributed by atoms with Gasteiger partial charge in [0.15, 0.2) is 9.84 Å². The molecule has 0 unspecified atom stereocenters. The van der Waals surface area contributed by atoms with Crippen LogP contribution in [0, 0.1) is 11.7 Å². The summed E-state index contributed by atoms with van der Waals surface area (Å²) in [6.45, 7) is 0. The third-order valence-corrected chi connectivity index (χ3v) is 12.6. The highest BCUT2D eigenvalue weighted by Crippen LogP contribution is 2.59. The highest BCUT2D eigenvalue weighted by Gasteiger charge is 2.74. The lowest BCUT2D eigenvalue weighted by molar-refractivity contribution is -0.348. The van der Waals surface area contributed by atoms with Gasteiger partial charge < -0.3 is 10.4 Å². The van der Waals surface area contributed by atoms with Gasteiger partial charge in [0.2, 0.25) is 0 Å². The van der Waals surface area contributed by atoms with Crippen molar-refractivity contribution in [2.45, 2.75) is 77.8 Å². The van der Waals surface area contributed by atoms with Crippen LogP contribution in [0.5, 0.6) is 0 Å². The highest BCUT2D eigenvalue weighted by molar-refractivity contribution is 7.99. The number of hydrogen-bond acceptors (Lipinski definition) is 5. The number of benzene rings is 2. The maximum Gasteiger partial charge on any atom is 0.435 e. The molecule has 2 fully saturated rings. The molecule has 43 heavy (non-hydrogen) atoms. The molecule has 0 radical (unpaired) electrons. The van der Waals surface area contributed by atoms with Crippen LogP contribution in [-0.4, -0.2) is 54.9 Å². The Morgan fingerprint density at radius 1 is 0.907 bits per heavy atom. The van der Waals surface area contributed by atoms with Gasteiger partial charge in [-0.3, -0.25) is 4.79 Å². The zero-order chi connectivity index (χ0) is 31.6. The zero-order valence-corrected chi connectivity index (χ0v) is 24.0. The van der Waals surface area contributed by atoms with E-state index in [1.807, 2.05) is 0 Å². The smallest absolute Gasteiger partial charge is 0.380 e. The summed E-state index contributed by atoms with van der Waals surface area (Å²) in [5, 5.41) is 13.7. The van der Waals surface area contributed by atoms with Crippen molar-refractivity contribution < 1.29 is 53.4 Å². The Morgan fingerprint density at radius 2 is 1.51 bits per heavy atom. The largest absolute Gasteiger partial charge is 0.435 e. The topological polar surface area (TPSA) is 83.5 Å². The molecule has 15 heteroatoms. The monoisotopic (exact) mass is 657 g/mol. The molecule has 3 atom stereocenters. The van der Waals surface area contributed by atoms with Crippen molar-refractivity contribution in [1.82, 2.24) is 5.32 Å². The standard InChI is InChI=1S/C28H27F8NO4S2/c29-18-3-5-19(6-4-18)43(40,41)25-10-9-22(37-23(38)24(39)11-13-42-14-12-24)21(25)7-1-16-15-17(2-8-20(16)25)26(30,27(31,32)33)28(34,35)36/h2-6,8,15,21-22,39H,1,7,9-14H2,(H,37,38)/t21-,22+,25+/m0/s1. The number of fused-ring (bicyclic) bond motifs is 3. The molecule has 2 aromatic rings. The van der Waals surface area contributed by atoms with Crippen molar-refractivity contribution in [3.63, 3.8) is 0 Å². The van der Waals surface area contributed by atoms with Crippen molar-refractivity contribution in [2.24, 2.45) is 5.92 Å². The van der Waals surface area contributed by atoms with E-state index in [0.29, 0.717) is 23.6 Å². The van der Waals surface area contributed by atoms with Gasteiger partial charge in [0.1, 0.15) is 16.2 Å². The molecule has 0 aromatic heterocycles. The Bertz CT molecular complexity index is 1490. The van der Waals surface area contributed by atoms with Gasteiger partial charge in [0, 0.05) is 17.5 Å². The summed E-state index contributed by atoms with van der Waals surface area (Å²) < 4.78 is 137. The highest BCUT2D eigenvalue weighted by atomic mass is 32.2. The molecule has 5 rings (SSSR count). The molecular weight excluding hydrogens is 630 g/mol. The molecule has 2 aliphatic carbocycles. The first kappa shape index (κ1) is 32.0. The van der Waals surface area contributed by atoms with E-state index < -0.39 is 67.5 Å². The zero-order valence-electron chi connectivity index (χ0n) is 22.4. The minimum absolute atomic E-state index is 0.0566. The van der Waals surface area contributed by atoms with Crippen LogP contribution < -0.4 is 5.32 Å². The Kier molecular flexibility index (Phi) is 7.90. The van der Waals surface area contributed by atoms with Crippen LogP contribution >= 0.6 is 11.8 Å². The second-order valence-electron chi connectivity index (χ2n) is 11.3. The van der Waals surface area contributed by atoms with Crippen LogP contribution in [0.3, 0.4) is 0 Å². The second-order valence-corrected chi connectivity index (χ2v) is 14.7. The van der Waals surface area contributed by atoms with Crippen molar-refractivity contribution in [3.8, 4) is 0 Å². The summed E-state index contributed by atoms with van der Waals surface area (Å²) in [6.07, 6.45) is -12.8. The number of amides is 1. The fourth-order valence-corrected chi connectivity index (χ4v) is 10.4. The number of aliphatic hydroxyl groups is 1. The number of nitrogens with one attached hydrogen (secondary N) is 1. The Morgan fingerprint density at radius 3 is 2.09 bits per heavy atom. The van der Waals surface area contributed by atoms with Crippen LogP contribution in [0.15, 0.2) is 47.4 Å². The molecule has 1 heterocycles. The van der Waals surface area contributed by atoms with E-state index in [9.17, 15) is 53.4 Å². The molecule has 236 valence electrons. The number of carbonyl (C=O) groups excluding carboxylic acids is 1. The summed E-state index contributed by atoms with van der Waals surface area (Å²) in [4.78, 5) is 12.8. The Balaban J connectivity index is 1.63. The molecule has 1 saturated heterocycles. The molecular formula is C28H27F8NO4S2. The van der Waals surface area contributed by atoms with Crippen molar-refractivity contribution in [1.29, 1.82) is 0 Å². The quantitative estimate of drug-likeness (QED) is 0.310. The maximum absolute atomic E-state index is 15.0. The van der Waals surface area contributed by atoms with Gasteiger partial charge >= 0.3 is 18.0 Å². The molecule has 0 bridgehead atoms. The van der Waals surface area contributed by atoms with Gasteiger partial charge in [-0.2, -0.15) is 38.1 Å². The Hall–Kier alpha value is -2.39. The molecule has 3 aliphatic rings. The van der Waals surface area contributed by atoms with Crippen molar-refractivity contribution >= 4 is 27.5 Å². The van der Waals surface area contributed by atoms with E-state index >= 15 is 0 Å². The normalized spacial score (nSPS) is 26.0. The molecule has 2 aromatic carbocycles. The SMILES string of the molecule is O=C(N[C@@H]1CC[C@@]2(S(=O)(=O)c3ccc(F)cc3)c3ccc(C(F)(C(F)(F)F)C(F)(F)F)cc3CC[C@@H]12)C1(O)CCSCC1.